The molecule has 3 aromatic rings. The van der Waals surface area contributed by atoms with Crippen LogP contribution < -0.4 is 0 Å². The Morgan fingerprint density at radius 2 is 2.08 bits per heavy atom. The molecule has 0 saturated heterocycles. The van der Waals surface area contributed by atoms with Gasteiger partial charge in [-0.25, -0.2) is 9.97 Å². The summed E-state index contributed by atoms with van der Waals surface area (Å²) in [6.45, 7) is 1.01. The highest BCUT2D eigenvalue weighted by atomic mass is 16.3. The molecule has 25 heavy (non-hydrogen) atoms. The van der Waals surface area contributed by atoms with Crippen LogP contribution >= 0.6 is 0 Å². The van der Waals surface area contributed by atoms with Gasteiger partial charge in [-0.1, -0.05) is 24.3 Å². The Morgan fingerprint density at radius 1 is 1.20 bits per heavy atom. The molecule has 0 saturated carbocycles. The van der Waals surface area contributed by atoms with Crippen molar-refractivity contribution in [2.45, 2.75) is 19.1 Å². The second kappa shape index (κ2) is 6.49. The van der Waals surface area contributed by atoms with Crippen molar-refractivity contribution in [2.24, 2.45) is 0 Å². The third kappa shape index (κ3) is 3.04. The van der Waals surface area contributed by atoms with E-state index in [1.165, 1.54) is 0 Å². The van der Waals surface area contributed by atoms with Crippen molar-refractivity contribution in [1.29, 1.82) is 0 Å². The maximum Gasteiger partial charge on any atom is 0.255 e. The van der Waals surface area contributed by atoms with Crippen LogP contribution in [-0.4, -0.2) is 37.0 Å². The second-order valence-corrected chi connectivity index (χ2v) is 6.11. The van der Waals surface area contributed by atoms with Gasteiger partial charge in [0.15, 0.2) is 0 Å². The largest absolute Gasteiger partial charge is 0.388 e. The smallest absolute Gasteiger partial charge is 0.255 e. The topological polar surface area (TPSA) is 71.2 Å². The van der Waals surface area contributed by atoms with E-state index in [0.29, 0.717) is 30.9 Å². The predicted octanol–water partition coefficient (Wildman–Crippen LogP) is 2.35. The number of imidazole rings is 1. The number of carbonyl (C=O) groups is 1. The van der Waals surface area contributed by atoms with Crippen LogP contribution in [0.4, 0.5) is 0 Å². The van der Waals surface area contributed by atoms with Crippen LogP contribution in [0.25, 0.3) is 5.82 Å². The van der Waals surface area contributed by atoms with E-state index < -0.39 is 6.10 Å². The number of amides is 1. The van der Waals surface area contributed by atoms with Gasteiger partial charge in [0.1, 0.15) is 12.1 Å². The number of hydrogen-bond donors (Lipinski definition) is 1. The molecule has 0 spiro atoms. The molecule has 0 fully saturated rings. The zero-order valence-corrected chi connectivity index (χ0v) is 13.6. The van der Waals surface area contributed by atoms with Crippen LogP contribution in [0.5, 0.6) is 0 Å². The average molecular weight is 334 g/mol. The summed E-state index contributed by atoms with van der Waals surface area (Å²) >= 11 is 0. The van der Waals surface area contributed by atoms with Gasteiger partial charge in [0.25, 0.3) is 5.91 Å². The molecule has 0 radical (unpaired) electrons. The van der Waals surface area contributed by atoms with Crippen LogP contribution in [0.1, 0.15) is 34.0 Å². The Bertz CT molecular complexity index is 875. The summed E-state index contributed by atoms with van der Waals surface area (Å²) in [6.07, 6.45) is 6.73. The summed E-state index contributed by atoms with van der Waals surface area (Å²) in [6, 6.07) is 11.3. The molecule has 6 heteroatoms. The van der Waals surface area contributed by atoms with E-state index in [-0.39, 0.29) is 5.91 Å². The molecule has 0 bridgehead atoms. The van der Waals surface area contributed by atoms with E-state index in [2.05, 4.69) is 9.97 Å². The van der Waals surface area contributed by atoms with Crippen molar-refractivity contribution in [1.82, 2.24) is 19.4 Å². The molecule has 0 aliphatic carbocycles. The summed E-state index contributed by atoms with van der Waals surface area (Å²) in [7, 11) is 0. The lowest BCUT2D eigenvalue weighted by atomic mass is 10.0. The molecule has 1 N–H and O–H groups in total. The third-order valence-corrected chi connectivity index (χ3v) is 4.50. The van der Waals surface area contributed by atoms with Crippen molar-refractivity contribution in [3.63, 3.8) is 0 Å². The first-order valence-corrected chi connectivity index (χ1v) is 8.22. The molecule has 1 aliphatic rings. The van der Waals surface area contributed by atoms with Crippen LogP contribution in [-0.2, 0) is 6.54 Å². The highest BCUT2D eigenvalue weighted by Crippen LogP contribution is 2.27. The van der Waals surface area contributed by atoms with E-state index in [0.717, 1.165) is 11.1 Å². The average Bonchev–Trinajstić information content (AvgIpc) is 3.14. The number of nitrogens with zero attached hydrogens (tertiary/aromatic N) is 4. The molecular weight excluding hydrogens is 316 g/mol. The van der Waals surface area contributed by atoms with Crippen molar-refractivity contribution < 1.29 is 9.90 Å². The summed E-state index contributed by atoms with van der Waals surface area (Å²) in [5.74, 6) is 0.638. The SMILES string of the molecule is O=C(c1ccc(-n2ccnc2)nc1)N1CCC(O)c2ccccc2C1. The summed E-state index contributed by atoms with van der Waals surface area (Å²) in [5.41, 5.74) is 2.44. The van der Waals surface area contributed by atoms with Crippen LogP contribution in [0.3, 0.4) is 0 Å². The Morgan fingerprint density at radius 3 is 2.84 bits per heavy atom. The van der Waals surface area contributed by atoms with Crippen molar-refractivity contribution in [3.8, 4) is 5.82 Å². The molecule has 126 valence electrons. The molecule has 1 aromatic carbocycles. The monoisotopic (exact) mass is 334 g/mol. The first-order valence-electron chi connectivity index (χ1n) is 8.22. The number of aliphatic hydroxyl groups excluding tert-OH is 1. The lowest BCUT2D eigenvalue weighted by molar-refractivity contribution is 0.0722. The first kappa shape index (κ1) is 15.5. The molecule has 1 atom stereocenters. The summed E-state index contributed by atoms with van der Waals surface area (Å²) in [4.78, 5) is 23.0. The lowest BCUT2D eigenvalue weighted by Crippen LogP contribution is -2.30. The van der Waals surface area contributed by atoms with E-state index >= 15 is 0 Å². The van der Waals surface area contributed by atoms with Gasteiger partial charge in [0, 0.05) is 31.7 Å². The zero-order valence-electron chi connectivity index (χ0n) is 13.6. The quantitative estimate of drug-likeness (QED) is 0.781. The van der Waals surface area contributed by atoms with Gasteiger partial charge in [0.2, 0.25) is 0 Å². The molecule has 1 unspecified atom stereocenters. The van der Waals surface area contributed by atoms with Gasteiger partial charge in [-0.05, 0) is 29.7 Å². The number of fused-ring (bicyclic) bond motifs is 1. The fourth-order valence-electron chi connectivity index (χ4n) is 3.14. The minimum Gasteiger partial charge on any atom is -0.388 e. The Balaban J connectivity index is 1.57. The van der Waals surface area contributed by atoms with Crippen molar-refractivity contribution in [3.05, 3.63) is 78.0 Å². The molecular formula is C19H18N4O2. The van der Waals surface area contributed by atoms with Crippen molar-refractivity contribution in [2.75, 3.05) is 6.54 Å². The Labute approximate surface area is 145 Å². The fraction of sp³-hybridized carbons (Fsp3) is 0.211. The molecule has 6 nitrogen and oxygen atoms in total. The molecule has 3 heterocycles. The molecule has 2 aromatic heterocycles. The fourth-order valence-corrected chi connectivity index (χ4v) is 3.14. The van der Waals surface area contributed by atoms with Gasteiger partial charge in [-0.2, -0.15) is 0 Å². The zero-order chi connectivity index (χ0) is 17.2. The van der Waals surface area contributed by atoms with Crippen molar-refractivity contribution >= 4 is 5.91 Å². The van der Waals surface area contributed by atoms with E-state index in [1.807, 2.05) is 24.3 Å². The third-order valence-electron chi connectivity index (χ3n) is 4.50. The number of pyridine rings is 1. The first-order chi connectivity index (χ1) is 12.2. The second-order valence-electron chi connectivity index (χ2n) is 6.11. The molecule has 1 amide bonds. The van der Waals surface area contributed by atoms with Gasteiger partial charge >= 0.3 is 0 Å². The maximum atomic E-state index is 12.9. The van der Waals surface area contributed by atoms with Crippen LogP contribution in [0.2, 0.25) is 0 Å². The normalized spacial score (nSPS) is 17.0. The molecule has 4 rings (SSSR count). The van der Waals surface area contributed by atoms with E-state index in [9.17, 15) is 9.90 Å². The number of hydrogen-bond acceptors (Lipinski definition) is 4. The van der Waals surface area contributed by atoms with Gasteiger partial charge < -0.3 is 10.0 Å². The van der Waals surface area contributed by atoms with E-state index in [4.69, 9.17) is 0 Å². The standard InChI is InChI=1S/C19H18N4O2/c24-17-7-9-22(12-15-3-1-2-4-16(15)17)19(25)14-5-6-18(21-11-14)23-10-8-20-13-23/h1-6,8,10-11,13,17,24H,7,9,12H2. The minimum atomic E-state index is -0.532. The highest BCUT2D eigenvalue weighted by Gasteiger charge is 2.24. The number of aromatic nitrogens is 3. The Kier molecular flexibility index (Phi) is 4.03. The van der Waals surface area contributed by atoms with Gasteiger partial charge in [0.05, 0.1) is 11.7 Å². The minimum absolute atomic E-state index is 0.0754. The lowest BCUT2D eigenvalue weighted by Gasteiger charge is -2.21. The summed E-state index contributed by atoms with van der Waals surface area (Å²) < 4.78 is 1.78. The number of carbonyl (C=O) groups excluding carboxylic acids is 1. The number of benzene rings is 1. The highest BCUT2D eigenvalue weighted by molar-refractivity contribution is 5.94. The van der Waals surface area contributed by atoms with Crippen LogP contribution in [0.15, 0.2) is 61.3 Å². The van der Waals surface area contributed by atoms with E-state index in [1.54, 1.807) is 46.5 Å². The molecule has 1 aliphatic heterocycles. The summed E-state index contributed by atoms with van der Waals surface area (Å²) in [5, 5.41) is 10.3. The Hall–Kier alpha value is -2.99. The van der Waals surface area contributed by atoms with Crippen LogP contribution in [0, 0.1) is 0 Å². The number of rotatable bonds is 2. The number of aliphatic hydroxyl groups is 1. The predicted molar refractivity (Wildman–Crippen MR) is 92.1 cm³/mol. The maximum absolute atomic E-state index is 12.9. The van der Waals surface area contributed by atoms with Gasteiger partial charge in [-0.3, -0.25) is 9.36 Å². The van der Waals surface area contributed by atoms with Gasteiger partial charge in [-0.15, -0.1) is 0 Å².